The van der Waals surface area contributed by atoms with Gasteiger partial charge in [0.2, 0.25) is 0 Å². The number of hydrogen-bond acceptors (Lipinski definition) is 1. The standard InChI is InChI=1S/C16H16O/c1-12-8-10-14(11-9-12)13(2)16(17)15-6-4-3-5-7-15/h3-11,13H,1-2H3/t13-/m1/s1. The summed E-state index contributed by atoms with van der Waals surface area (Å²) in [6.07, 6.45) is 0. The predicted molar refractivity (Wildman–Crippen MR) is 70.4 cm³/mol. The summed E-state index contributed by atoms with van der Waals surface area (Å²) in [6, 6.07) is 17.6. The lowest BCUT2D eigenvalue weighted by Crippen LogP contribution is -2.09. The van der Waals surface area contributed by atoms with Crippen molar-refractivity contribution in [3.8, 4) is 0 Å². The minimum Gasteiger partial charge on any atom is -0.294 e. The van der Waals surface area contributed by atoms with Crippen LogP contribution in [0, 0.1) is 6.92 Å². The number of carbonyl (C=O) groups excluding carboxylic acids is 1. The van der Waals surface area contributed by atoms with Gasteiger partial charge in [-0.05, 0) is 12.5 Å². The lowest BCUT2D eigenvalue weighted by Gasteiger charge is -2.11. The molecule has 0 spiro atoms. The van der Waals surface area contributed by atoms with Gasteiger partial charge in [0.15, 0.2) is 5.78 Å². The summed E-state index contributed by atoms with van der Waals surface area (Å²) >= 11 is 0. The van der Waals surface area contributed by atoms with E-state index in [1.54, 1.807) is 0 Å². The first kappa shape index (κ1) is 11.6. The van der Waals surface area contributed by atoms with Crippen molar-refractivity contribution in [1.29, 1.82) is 0 Å². The smallest absolute Gasteiger partial charge is 0.170 e. The van der Waals surface area contributed by atoms with Crippen molar-refractivity contribution in [3.05, 3.63) is 71.3 Å². The molecule has 1 nitrogen and oxygen atoms in total. The van der Waals surface area contributed by atoms with Crippen LogP contribution in [-0.2, 0) is 0 Å². The fraction of sp³-hybridized carbons (Fsp3) is 0.188. The first-order valence-electron chi connectivity index (χ1n) is 5.84. The van der Waals surface area contributed by atoms with Crippen LogP contribution >= 0.6 is 0 Å². The van der Waals surface area contributed by atoms with Crippen molar-refractivity contribution >= 4 is 5.78 Å². The Labute approximate surface area is 102 Å². The van der Waals surface area contributed by atoms with E-state index < -0.39 is 0 Å². The summed E-state index contributed by atoms with van der Waals surface area (Å²) in [5.74, 6) is 0.0902. The molecule has 0 bridgehead atoms. The molecule has 2 rings (SSSR count). The number of aryl methyl sites for hydroxylation is 1. The van der Waals surface area contributed by atoms with Gasteiger partial charge in [-0.3, -0.25) is 4.79 Å². The summed E-state index contributed by atoms with van der Waals surface area (Å²) < 4.78 is 0. The average molecular weight is 224 g/mol. The molecule has 0 fully saturated rings. The van der Waals surface area contributed by atoms with Crippen LogP contribution < -0.4 is 0 Å². The maximum atomic E-state index is 12.2. The number of rotatable bonds is 3. The van der Waals surface area contributed by atoms with Crippen LogP contribution in [0.2, 0.25) is 0 Å². The van der Waals surface area contributed by atoms with Crippen molar-refractivity contribution < 1.29 is 4.79 Å². The van der Waals surface area contributed by atoms with Crippen molar-refractivity contribution in [2.75, 3.05) is 0 Å². The third-order valence-electron chi connectivity index (χ3n) is 3.03. The van der Waals surface area contributed by atoms with Crippen LogP contribution in [0.3, 0.4) is 0 Å². The summed E-state index contributed by atoms with van der Waals surface area (Å²) in [5.41, 5.74) is 3.07. The highest BCUT2D eigenvalue weighted by Gasteiger charge is 2.16. The minimum atomic E-state index is -0.0852. The lowest BCUT2D eigenvalue weighted by molar-refractivity contribution is 0.0966. The highest BCUT2D eigenvalue weighted by molar-refractivity contribution is 6.00. The summed E-state index contributed by atoms with van der Waals surface area (Å²) in [6.45, 7) is 4.01. The first-order chi connectivity index (χ1) is 8.18. The maximum Gasteiger partial charge on any atom is 0.170 e. The molecule has 0 aliphatic carbocycles. The van der Waals surface area contributed by atoms with Crippen LogP contribution in [0.25, 0.3) is 0 Å². The third kappa shape index (κ3) is 2.62. The fourth-order valence-corrected chi connectivity index (χ4v) is 1.86. The molecular weight excluding hydrogens is 208 g/mol. The lowest BCUT2D eigenvalue weighted by atomic mass is 9.92. The van der Waals surface area contributed by atoms with Gasteiger partial charge in [-0.2, -0.15) is 0 Å². The molecule has 0 amide bonds. The van der Waals surface area contributed by atoms with E-state index >= 15 is 0 Å². The Bertz CT molecular complexity index is 497. The molecule has 1 heteroatoms. The van der Waals surface area contributed by atoms with E-state index in [-0.39, 0.29) is 11.7 Å². The van der Waals surface area contributed by atoms with E-state index in [9.17, 15) is 4.79 Å². The van der Waals surface area contributed by atoms with E-state index in [0.29, 0.717) is 0 Å². The van der Waals surface area contributed by atoms with Crippen LogP contribution in [-0.4, -0.2) is 5.78 Å². The molecule has 2 aromatic rings. The van der Waals surface area contributed by atoms with E-state index in [1.165, 1.54) is 5.56 Å². The van der Waals surface area contributed by atoms with Gasteiger partial charge in [-0.1, -0.05) is 67.1 Å². The van der Waals surface area contributed by atoms with Gasteiger partial charge in [-0.25, -0.2) is 0 Å². The monoisotopic (exact) mass is 224 g/mol. The average Bonchev–Trinajstić information content (AvgIpc) is 2.39. The Morgan fingerprint density at radius 3 is 2.12 bits per heavy atom. The quantitative estimate of drug-likeness (QED) is 0.721. The molecular formula is C16H16O. The molecule has 0 aliphatic heterocycles. The number of Topliss-reactive ketones (excluding diaryl/α,β-unsaturated/α-hetero) is 1. The number of ketones is 1. The van der Waals surface area contributed by atoms with Crippen LogP contribution in [0.5, 0.6) is 0 Å². The van der Waals surface area contributed by atoms with E-state index in [4.69, 9.17) is 0 Å². The summed E-state index contributed by atoms with van der Waals surface area (Å²) in [4.78, 5) is 12.2. The van der Waals surface area contributed by atoms with Crippen molar-refractivity contribution in [2.24, 2.45) is 0 Å². The zero-order chi connectivity index (χ0) is 12.3. The largest absolute Gasteiger partial charge is 0.294 e. The van der Waals surface area contributed by atoms with Gasteiger partial charge in [0.05, 0.1) is 0 Å². The molecule has 0 radical (unpaired) electrons. The van der Waals surface area contributed by atoms with Crippen molar-refractivity contribution in [2.45, 2.75) is 19.8 Å². The molecule has 0 aliphatic rings. The Kier molecular flexibility index (Phi) is 3.38. The molecule has 17 heavy (non-hydrogen) atoms. The third-order valence-corrected chi connectivity index (χ3v) is 3.03. The Hall–Kier alpha value is -1.89. The first-order valence-corrected chi connectivity index (χ1v) is 5.84. The fourth-order valence-electron chi connectivity index (χ4n) is 1.86. The predicted octanol–water partition coefficient (Wildman–Crippen LogP) is 3.98. The second-order valence-electron chi connectivity index (χ2n) is 4.36. The second kappa shape index (κ2) is 4.96. The van der Waals surface area contributed by atoms with Gasteiger partial charge in [0.25, 0.3) is 0 Å². The van der Waals surface area contributed by atoms with Crippen LogP contribution in [0.1, 0.15) is 34.3 Å². The normalized spacial score (nSPS) is 12.1. The van der Waals surface area contributed by atoms with Gasteiger partial charge in [-0.15, -0.1) is 0 Å². The molecule has 0 saturated heterocycles. The van der Waals surface area contributed by atoms with Gasteiger partial charge in [0.1, 0.15) is 0 Å². The minimum absolute atomic E-state index is 0.0852. The second-order valence-corrected chi connectivity index (χ2v) is 4.36. The zero-order valence-electron chi connectivity index (χ0n) is 10.2. The number of benzene rings is 2. The van der Waals surface area contributed by atoms with Gasteiger partial charge < -0.3 is 0 Å². The number of hydrogen-bond donors (Lipinski definition) is 0. The zero-order valence-corrected chi connectivity index (χ0v) is 10.2. The Balaban J connectivity index is 2.23. The van der Waals surface area contributed by atoms with E-state index in [1.807, 2.05) is 68.4 Å². The molecule has 0 heterocycles. The highest BCUT2D eigenvalue weighted by atomic mass is 16.1. The summed E-state index contributed by atoms with van der Waals surface area (Å²) in [5, 5.41) is 0. The molecule has 0 N–H and O–H groups in total. The SMILES string of the molecule is Cc1ccc([C@@H](C)C(=O)c2ccccc2)cc1. The topological polar surface area (TPSA) is 17.1 Å². The van der Waals surface area contributed by atoms with Crippen molar-refractivity contribution in [1.82, 2.24) is 0 Å². The molecule has 86 valence electrons. The molecule has 0 saturated carbocycles. The molecule has 0 aromatic heterocycles. The Morgan fingerprint density at radius 1 is 0.941 bits per heavy atom. The van der Waals surface area contributed by atoms with Gasteiger partial charge >= 0.3 is 0 Å². The van der Waals surface area contributed by atoms with Gasteiger partial charge in [0, 0.05) is 11.5 Å². The molecule has 0 unspecified atom stereocenters. The number of carbonyl (C=O) groups is 1. The Morgan fingerprint density at radius 2 is 1.53 bits per heavy atom. The molecule has 1 atom stereocenters. The highest BCUT2D eigenvalue weighted by Crippen LogP contribution is 2.20. The molecule has 2 aromatic carbocycles. The van der Waals surface area contributed by atoms with E-state index in [2.05, 4.69) is 0 Å². The van der Waals surface area contributed by atoms with E-state index in [0.717, 1.165) is 11.1 Å². The van der Waals surface area contributed by atoms with Crippen LogP contribution in [0.15, 0.2) is 54.6 Å². The maximum absolute atomic E-state index is 12.2. The van der Waals surface area contributed by atoms with Crippen molar-refractivity contribution in [3.63, 3.8) is 0 Å². The van der Waals surface area contributed by atoms with Crippen LogP contribution in [0.4, 0.5) is 0 Å². The summed E-state index contributed by atoms with van der Waals surface area (Å²) in [7, 11) is 0.